The van der Waals surface area contributed by atoms with E-state index in [2.05, 4.69) is 27.3 Å². The van der Waals surface area contributed by atoms with Gasteiger partial charge in [-0.15, -0.1) is 5.10 Å². The lowest BCUT2D eigenvalue weighted by atomic mass is 9.84. The minimum atomic E-state index is 0.0813. The molecule has 26 heavy (non-hydrogen) atoms. The molecule has 2 heterocycles. The van der Waals surface area contributed by atoms with Crippen molar-refractivity contribution in [2.75, 3.05) is 6.26 Å². The van der Waals surface area contributed by atoms with Crippen LogP contribution in [0.5, 0.6) is 0 Å². The number of aromatic nitrogens is 4. The molecule has 6 nitrogen and oxygen atoms in total. The lowest BCUT2D eigenvalue weighted by Crippen LogP contribution is -2.41. The third kappa shape index (κ3) is 3.10. The number of nitrogens with zero attached hydrogens (tertiary/aromatic N) is 4. The van der Waals surface area contributed by atoms with Crippen molar-refractivity contribution in [2.45, 2.75) is 64.1 Å². The molecule has 0 unspecified atom stereocenters. The molecular formula is C19H27N5OS. The summed E-state index contributed by atoms with van der Waals surface area (Å²) in [5, 5.41) is 8.42. The van der Waals surface area contributed by atoms with Crippen molar-refractivity contribution in [3.63, 3.8) is 0 Å². The quantitative estimate of drug-likeness (QED) is 0.816. The van der Waals surface area contributed by atoms with Crippen molar-refractivity contribution >= 4 is 23.4 Å². The third-order valence-corrected chi connectivity index (χ3v) is 6.91. The molecule has 2 saturated carbocycles. The molecule has 2 aliphatic rings. The number of amides is 1. The molecule has 4 rings (SSSR count). The second-order valence-corrected chi connectivity index (χ2v) is 8.72. The zero-order valence-corrected chi connectivity index (χ0v) is 16.8. The molecule has 0 saturated heterocycles. The van der Waals surface area contributed by atoms with Crippen molar-refractivity contribution in [3.05, 3.63) is 17.0 Å². The highest BCUT2D eigenvalue weighted by molar-refractivity contribution is 7.98. The standard InChI is InChI=1S/C19H27N5OS/c1-10-15(12(3)24-18(21-10)22-19(23-24)26-4)9-17(25)20-11(2)16-8-13-5-6-14(16)7-13/h11,13-14,16H,5-9H2,1-4H3,(H,20,25)/t11-,13-,14-,16-/m0/s1. The van der Waals surface area contributed by atoms with Gasteiger partial charge in [-0.25, -0.2) is 9.50 Å². The van der Waals surface area contributed by atoms with E-state index in [0.717, 1.165) is 28.8 Å². The Labute approximate surface area is 158 Å². The average Bonchev–Trinajstić information content (AvgIpc) is 3.33. The van der Waals surface area contributed by atoms with Gasteiger partial charge in [0, 0.05) is 23.0 Å². The summed E-state index contributed by atoms with van der Waals surface area (Å²) < 4.78 is 1.75. The summed E-state index contributed by atoms with van der Waals surface area (Å²) in [4.78, 5) is 21.6. The first kappa shape index (κ1) is 17.8. The Balaban J connectivity index is 1.48. The van der Waals surface area contributed by atoms with E-state index in [1.54, 1.807) is 4.52 Å². The third-order valence-electron chi connectivity index (χ3n) is 6.37. The van der Waals surface area contributed by atoms with Crippen LogP contribution in [0, 0.1) is 31.6 Å². The Bertz CT molecular complexity index is 848. The van der Waals surface area contributed by atoms with Crippen LogP contribution in [-0.4, -0.2) is 37.8 Å². The normalized spacial score (nSPS) is 25.8. The molecule has 2 aromatic heterocycles. The van der Waals surface area contributed by atoms with Gasteiger partial charge >= 0.3 is 0 Å². The first-order chi connectivity index (χ1) is 12.5. The SMILES string of the molecule is CSc1nc2nc(C)c(CC(=O)N[C@@H](C)[C@@H]3C[C@H]4CC[C@H]3C4)c(C)n2n1. The first-order valence-corrected chi connectivity index (χ1v) is 10.7. The van der Waals surface area contributed by atoms with Crippen LogP contribution in [0.25, 0.3) is 5.78 Å². The zero-order valence-electron chi connectivity index (χ0n) is 16.0. The highest BCUT2D eigenvalue weighted by atomic mass is 32.2. The van der Waals surface area contributed by atoms with Crippen LogP contribution in [0.3, 0.4) is 0 Å². The molecule has 1 N–H and O–H groups in total. The average molecular weight is 374 g/mol. The first-order valence-electron chi connectivity index (χ1n) is 9.52. The van der Waals surface area contributed by atoms with Gasteiger partial charge in [-0.3, -0.25) is 4.79 Å². The largest absolute Gasteiger partial charge is 0.353 e. The van der Waals surface area contributed by atoms with Crippen LogP contribution in [-0.2, 0) is 11.2 Å². The maximum Gasteiger partial charge on any atom is 0.253 e. The fourth-order valence-electron chi connectivity index (χ4n) is 5.01. The highest BCUT2D eigenvalue weighted by Crippen LogP contribution is 2.49. The van der Waals surface area contributed by atoms with Crippen LogP contribution < -0.4 is 5.32 Å². The molecule has 0 aliphatic heterocycles. The molecular weight excluding hydrogens is 346 g/mol. The van der Waals surface area contributed by atoms with E-state index < -0.39 is 0 Å². The van der Waals surface area contributed by atoms with Crippen molar-refractivity contribution in [2.24, 2.45) is 17.8 Å². The number of thioether (sulfide) groups is 1. The predicted octanol–water partition coefficient (Wildman–Crippen LogP) is 2.95. The molecule has 4 atom stereocenters. The second kappa shape index (κ2) is 6.83. The van der Waals surface area contributed by atoms with E-state index in [9.17, 15) is 4.79 Å². The molecule has 7 heteroatoms. The number of hydrogen-bond acceptors (Lipinski definition) is 5. The number of carbonyl (C=O) groups is 1. The van der Waals surface area contributed by atoms with Gasteiger partial charge in [0.2, 0.25) is 11.1 Å². The van der Waals surface area contributed by atoms with Crippen molar-refractivity contribution < 1.29 is 4.79 Å². The number of carbonyl (C=O) groups excluding carboxylic acids is 1. The summed E-state index contributed by atoms with van der Waals surface area (Å²) in [6.07, 6.45) is 7.69. The number of rotatable bonds is 5. The molecule has 2 bridgehead atoms. The number of fused-ring (bicyclic) bond motifs is 3. The number of hydrogen-bond donors (Lipinski definition) is 1. The topological polar surface area (TPSA) is 72.2 Å². The van der Waals surface area contributed by atoms with Gasteiger partial charge in [0.05, 0.1) is 6.42 Å². The Morgan fingerprint density at radius 3 is 2.77 bits per heavy atom. The monoisotopic (exact) mass is 373 g/mol. The lowest BCUT2D eigenvalue weighted by Gasteiger charge is -2.28. The van der Waals surface area contributed by atoms with Gasteiger partial charge in [-0.2, -0.15) is 4.98 Å². The second-order valence-electron chi connectivity index (χ2n) is 7.94. The van der Waals surface area contributed by atoms with Gasteiger partial charge < -0.3 is 5.32 Å². The highest BCUT2D eigenvalue weighted by Gasteiger charge is 2.42. The van der Waals surface area contributed by atoms with Crippen LogP contribution >= 0.6 is 11.8 Å². The van der Waals surface area contributed by atoms with Gasteiger partial charge in [-0.1, -0.05) is 18.2 Å². The fourth-order valence-corrected chi connectivity index (χ4v) is 5.35. The minimum absolute atomic E-state index is 0.0813. The van der Waals surface area contributed by atoms with Gasteiger partial charge in [-0.05, 0) is 64.0 Å². The van der Waals surface area contributed by atoms with Gasteiger partial charge in [0.15, 0.2) is 0 Å². The Kier molecular flexibility index (Phi) is 4.67. The molecule has 0 aromatic carbocycles. The molecule has 2 aromatic rings. The summed E-state index contributed by atoms with van der Waals surface area (Å²) >= 11 is 1.49. The minimum Gasteiger partial charge on any atom is -0.353 e. The van der Waals surface area contributed by atoms with Gasteiger partial charge in [0.25, 0.3) is 5.78 Å². The molecule has 2 aliphatic carbocycles. The Hall–Kier alpha value is -1.63. The number of aryl methyl sites for hydroxylation is 2. The van der Waals surface area contributed by atoms with E-state index in [1.807, 2.05) is 20.1 Å². The summed E-state index contributed by atoms with van der Waals surface area (Å²) in [5.74, 6) is 3.05. The van der Waals surface area contributed by atoms with Crippen molar-refractivity contribution in [3.8, 4) is 0 Å². The van der Waals surface area contributed by atoms with Crippen LogP contribution in [0.1, 0.15) is 49.6 Å². The van der Waals surface area contributed by atoms with E-state index in [4.69, 9.17) is 0 Å². The lowest BCUT2D eigenvalue weighted by molar-refractivity contribution is -0.121. The smallest absolute Gasteiger partial charge is 0.253 e. The molecule has 140 valence electrons. The molecule has 1 amide bonds. The molecule has 2 fully saturated rings. The maximum atomic E-state index is 12.7. The Morgan fingerprint density at radius 2 is 2.12 bits per heavy atom. The maximum absolute atomic E-state index is 12.7. The fraction of sp³-hybridized carbons (Fsp3) is 0.684. The van der Waals surface area contributed by atoms with Crippen LogP contribution in [0.2, 0.25) is 0 Å². The summed E-state index contributed by atoms with van der Waals surface area (Å²) in [5.41, 5.74) is 2.76. The van der Waals surface area contributed by atoms with Crippen molar-refractivity contribution in [1.82, 2.24) is 24.9 Å². The number of nitrogens with one attached hydrogen (secondary N) is 1. The van der Waals surface area contributed by atoms with E-state index >= 15 is 0 Å². The van der Waals surface area contributed by atoms with Crippen molar-refractivity contribution in [1.29, 1.82) is 0 Å². The zero-order chi connectivity index (χ0) is 18.4. The molecule has 0 radical (unpaired) electrons. The Morgan fingerprint density at radius 1 is 1.31 bits per heavy atom. The van der Waals surface area contributed by atoms with E-state index in [-0.39, 0.29) is 11.9 Å². The van der Waals surface area contributed by atoms with E-state index in [1.165, 1.54) is 37.4 Å². The predicted molar refractivity (Wildman–Crippen MR) is 102 cm³/mol. The van der Waals surface area contributed by atoms with Crippen LogP contribution in [0.15, 0.2) is 5.16 Å². The summed E-state index contributed by atoms with van der Waals surface area (Å²) in [6, 6.07) is 0.254. The summed E-state index contributed by atoms with van der Waals surface area (Å²) in [6.45, 7) is 6.11. The molecule has 0 spiro atoms. The van der Waals surface area contributed by atoms with Crippen LogP contribution in [0.4, 0.5) is 0 Å². The van der Waals surface area contributed by atoms with E-state index in [0.29, 0.717) is 23.3 Å². The van der Waals surface area contributed by atoms with Gasteiger partial charge in [0.1, 0.15) is 0 Å². The summed E-state index contributed by atoms with van der Waals surface area (Å²) in [7, 11) is 0.